The summed E-state index contributed by atoms with van der Waals surface area (Å²) >= 11 is 0. The molecule has 0 heterocycles. The fourth-order valence-electron chi connectivity index (χ4n) is 1.62. The van der Waals surface area contributed by atoms with Crippen molar-refractivity contribution in [3.8, 4) is 5.75 Å². The second-order valence-corrected chi connectivity index (χ2v) is 6.84. The van der Waals surface area contributed by atoms with Crippen molar-refractivity contribution < 1.29 is 4.43 Å². The molecule has 1 nitrogen and oxygen atoms in total. The SMILES string of the molecule is C=Cc1cccc(O[SiH](CC)CC)c1C. The van der Waals surface area contributed by atoms with Crippen molar-refractivity contribution in [1.82, 2.24) is 0 Å². The molecule has 0 unspecified atom stereocenters. The molecule has 1 rings (SSSR count). The summed E-state index contributed by atoms with van der Waals surface area (Å²) in [6.45, 7) is 10.3. The highest BCUT2D eigenvalue weighted by Gasteiger charge is 2.10. The molecule has 15 heavy (non-hydrogen) atoms. The molecule has 0 atom stereocenters. The summed E-state index contributed by atoms with van der Waals surface area (Å²) < 4.78 is 6.08. The summed E-state index contributed by atoms with van der Waals surface area (Å²) in [5, 5.41) is 0. The summed E-state index contributed by atoms with van der Waals surface area (Å²) in [5.41, 5.74) is 2.39. The molecule has 0 saturated carbocycles. The van der Waals surface area contributed by atoms with Crippen molar-refractivity contribution in [2.75, 3.05) is 0 Å². The van der Waals surface area contributed by atoms with Gasteiger partial charge in [-0.15, -0.1) is 0 Å². The van der Waals surface area contributed by atoms with Gasteiger partial charge in [-0.05, 0) is 36.2 Å². The van der Waals surface area contributed by atoms with Crippen LogP contribution in [0.2, 0.25) is 12.1 Å². The van der Waals surface area contributed by atoms with Crippen molar-refractivity contribution >= 4 is 15.1 Å². The molecule has 0 aliphatic carbocycles. The van der Waals surface area contributed by atoms with Gasteiger partial charge in [-0.1, -0.05) is 38.6 Å². The van der Waals surface area contributed by atoms with Gasteiger partial charge in [0, 0.05) is 0 Å². The van der Waals surface area contributed by atoms with Gasteiger partial charge in [0.15, 0.2) is 0 Å². The Kier molecular flexibility index (Phi) is 4.63. The molecule has 0 aromatic heterocycles. The normalized spacial score (nSPS) is 10.4. The average molecular weight is 220 g/mol. The van der Waals surface area contributed by atoms with Crippen LogP contribution in [0.5, 0.6) is 5.75 Å². The predicted octanol–water partition coefficient (Wildman–Crippen LogP) is 3.78. The zero-order chi connectivity index (χ0) is 11.3. The molecule has 1 aromatic rings. The number of rotatable bonds is 5. The largest absolute Gasteiger partial charge is 0.546 e. The maximum absolute atomic E-state index is 6.08. The third-order valence-electron chi connectivity index (χ3n) is 2.75. The van der Waals surface area contributed by atoms with Crippen LogP contribution in [0.4, 0.5) is 0 Å². The molecule has 0 aliphatic heterocycles. The molecule has 0 amide bonds. The van der Waals surface area contributed by atoms with E-state index in [0.717, 1.165) is 5.75 Å². The van der Waals surface area contributed by atoms with Crippen LogP contribution < -0.4 is 4.43 Å². The average Bonchev–Trinajstić information content (AvgIpc) is 2.28. The van der Waals surface area contributed by atoms with Gasteiger partial charge >= 0.3 is 0 Å². The van der Waals surface area contributed by atoms with E-state index in [2.05, 4.69) is 39.5 Å². The maximum Gasteiger partial charge on any atom is 0.235 e. The quantitative estimate of drug-likeness (QED) is 0.686. The molecule has 0 bridgehead atoms. The van der Waals surface area contributed by atoms with Gasteiger partial charge in [-0.25, -0.2) is 0 Å². The summed E-state index contributed by atoms with van der Waals surface area (Å²) in [6.07, 6.45) is 1.89. The van der Waals surface area contributed by atoms with Gasteiger partial charge < -0.3 is 4.43 Å². The molecule has 0 fully saturated rings. The number of benzene rings is 1. The molecule has 0 aliphatic rings. The van der Waals surface area contributed by atoms with E-state index in [4.69, 9.17) is 4.43 Å². The number of hydrogen-bond acceptors (Lipinski definition) is 1. The zero-order valence-electron chi connectivity index (χ0n) is 9.92. The first-order valence-electron chi connectivity index (χ1n) is 5.61. The Labute approximate surface area is 94.5 Å². The van der Waals surface area contributed by atoms with Crippen LogP contribution in [0, 0.1) is 6.92 Å². The molecule has 0 saturated heterocycles. The Morgan fingerprint density at radius 3 is 2.53 bits per heavy atom. The van der Waals surface area contributed by atoms with Crippen molar-refractivity contribution in [3.05, 3.63) is 35.9 Å². The van der Waals surface area contributed by atoms with Gasteiger partial charge in [0.25, 0.3) is 0 Å². The fourth-order valence-corrected chi connectivity index (χ4v) is 3.14. The molecule has 0 spiro atoms. The molecular formula is C13H20OSi. The summed E-state index contributed by atoms with van der Waals surface area (Å²) in [7, 11) is -1.01. The Balaban J connectivity index is 2.89. The summed E-state index contributed by atoms with van der Waals surface area (Å²) in [6, 6.07) is 8.55. The van der Waals surface area contributed by atoms with Crippen LogP contribution in [0.15, 0.2) is 24.8 Å². The Bertz CT molecular complexity index is 329. The molecule has 0 N–H and O–H groups in total. The van der Waals surface area contributed by atoms with Crippen molar-refractivity contribution in [2.45, 2.75) is 32.9 Å². The molecule has 2 heteroatoms. The third kappa shape index (κ3) is 2.96. The van der Waals surface area contributed by atoms with Crippen LogP contribution in [-0.2, 0) is 0 Å². The van der Waals surface area contributed by atoms with E-state index in [9.17, 15) is 0 Å². The highest BCUT2D eigenvalue weighted by Crippen LogP contribution is 2.23. The Morgan fingerprint density at radius 2 is 2.00 bits per heavy atom. The summed E-state index contributed by atoms with van der Waals surface area (Å²) in [5.74, 6) is 1.05. The van der Waals surface area contributed by atoms with Gasteiger partial charge in [0.1, 0.15) is 5.75 Å². The van der Waals surface area contributed by atoms with Gasteiger partial charge in [0.2, 0.25) is 9.04 Å². The van der Waals surface area contributed by atoms with Crippen LogP contribution in [-0.4, -0.2) is 9.04 Å². The molecular weight excluding hydrogens is 200 g/mol. The van der Waals surface area contributed by atoms with Crippen molar-refractivity contribution in [2.24, 2.45) is 0 Å². The maximum atomic E-state index is 6.08. The Hall–Kier alpha value is -1.02. The van der Waals surface area contributed by atoms with E-state index in [1.54, 1.807) is 0 Å². The second-order valence-electron chi connectivity index (χ2n) is 3.73. The minimum Gasteiger partial charge on any atom is -0.546 e. The lowest BCUT2D eigenvalue weighted by Crippen LogP contribution is -2.19. The van der Waals surface area contributed by atoms with Gasteiger partial charge in [0.05, 0.1) is 0 Å². The summed E-state index contributed by atoms with van der Waals surface area (Å²) in [4.78, 5) is 0. The van der Waals surface area contributed by atoms with E-state index in [0.29, 0.717) is 0 Å². The lowest BCUT2D eigenvalue weighted by Gasteiger charge is -2.17. The van der Waals surface area contributed by atoms with Gasteiger partial charge in [-0.2, -0.15) is 0 Å². The fraction of sp³-hybridized carbons (Fsp3) is 0.385. The minimum absolute atomic E-state index is 1.01. The lowest BCUT2D eigenvalue weighted by atomic mass is 10.1. The first kappa shape index (κ1) is 12.0. The first-order chi connectivity index (χ1) is 7.22. The smallest absolute Gasteiger partial charge is 0.235 e. The Morgan fingerprint density at radius 1 is 1.33 bits per heavy atom. The zero-order valence-corrected chi connectivity index (χ0v) is 11.1. The van der Waals surface area contributed by atoms with Crippen LogP contribution in [0.1, 0.15) is 25.0 Å². The van der Waals surface area contributed by atoms with E-state index < -0.39 is 9.04 Å². The van der Waals surface area contributed by atoms with E-state index >= 15 is 0 Å². The minimum atomic E-state index is -1.01. The highest BCUT2D eigenvalue weighted by atomic mass is 28.3. The van der Waals surface area contributed by atoms with Gasteiger partial charge in [-0.3, -0.25) is 0 Å². The van der Waals surface area contributed by atoms with Crippen molar-refractivity contribution in [3.63, 3.8) is 0 Å². The standard InChI is InChI=1S/C13H20OSi/c1-5-12-9-8-10-13(11(12)4)14-15(6-2)7-3/h5,8-10,15H,1,6-7H2,2-4H3. The molecule has 82 valence electrons. The number of hydrogen-bond donors (Lipinski definition) is 0. The van der Waals surface area contributed by atoms with Crippen LogP contribution in [0.25, 0.3) is 6.08 Å². The van der Waals surface area contributed by atoms with E-state index in [1.807, 2.05) is 12.1 Å². The van der Waals surface area contributed by atoms with Crippen LogP contribution >= 0.6 is 0 Å². The second kappa shape index (κ2) is 5.76. The molecule has 1 aromatic carbocycles. The van der Waals surface area contributed by atoms with Crippen LogP contribution in [0.3, 0.4) is 0 Å². The topological polar surface area (TPSA) is 9.23 Å². The monoisotopic (exact) mass is 220 g/mol. The first-order valence-corrected chi connectivity index (χ1v) is 7.72. The molecule has 0 radical (unpaired) electrons. The lowest BCUT2D eigenvalue weighted by molar-refractivity contribution is 0.561. The van der Waals surface area contributed by atoms with E-state index in [1.165, 1.54) is 23.2 Å². The van der Waals surface area contributed by atoms with Crippen molar-refractivity contribution in [1.29, 1.82) is 0 Å². The third-order valence-corrected chi connectivity index (χ3v) is 5.16. The predicted molar refractivity (Wildman–Crippen MR) is 70.0 cm³/mol. The van der Waals surface area contributed by atoms with E-state index in [-0.39, 0.29) is 0 Å². The highest BCUT2D eigenvalue weighted by molar-refractivity contribution is 6.52.